The summed E-state index contributed by atoms with van der Waals surface area (Å²) in [5.41, 5.74) is 1.03. The summed E-state index contributed by atoms with van der Waals surface area (Å²) in [5, 5.41) is 5.17. The highest BCUT2D eigenvalue weighted by molar-refractivity contribution is 8.02. The Kier molecular flexibility index (Phi) is 5.28. The minimum Gasteiger partial charge on any atom is -0.352 e. The summed E-state index contributed by atoms with van der Waals surface area (Å²) in [4.78, 5) is 16.6. The Morgan fingerprint density at radius 3 is 2.89 bits per heavy atom. The topological polar surface area (TPSA) is 42.0 Å². The van der Waals surface area contributed by atoms with Crippen LogP contribution in [0.3, 0.4) is 0 Å². The molecular weight excluding hydrogens is 276 g/mol. The molecule has 0 aromatic carbocycles. The molecule has 0 unspecified atom stereocenters. The second-order valence-electron chi connectivity index (χ2n) is 5.39. The smallest absolute Gasteiger partial charge is 0.233 e. The Hall–Kier alpha value is -0.550. The third-order valence-electron chi connectivity index (χ3n) is 3.68. The number of carbonyl (C=O) groups is 1. The minimum absolute atomic E-state index is 0.0697. The molecule has 1 N–H and O–H groups in total. The fourth-order valence-electron chi connectivity index (χ4n) is 2.42. The zero-order chi connectivity index (χ0) is 13.8. The highest BCUT2D eigenvalue weighted by Crippen LogP contribution is 2.28. The maximum absolute atomic E-state index is 12.2. The zero-order valence-electron chi connectivity index (χ0n) is 11.8. The second-order valence-corrected chi connectivity index (χ2v) is 7.84. The number of aromatic nitrogens is 1. The summed E-state index contributed by atoms with van der Waals surface area (Å²) in [7, 11) is 0. The SMILES string of the molecule is Cc1csc(S[C@H](C)C(=O)N[C@@H]2CCCC[C@@H]2C)n1. The average molecular weight is 298 g/mol. The number of thioether (sulfide) groups is 1. The molecule has 1 aromatic rings. The van der Waals surface area contributed by atoms with E-state index in [2.05, 4.69) is 17.2 Å². The molecule has 0 aliphatic heterocycles. The first kappa shape index (κ1) is 14.9. The minimum atomic E-state index is -0.0697. The van der Waals surface area contributed by atoms with Crippen molar-refractivity contribution in [2.24, 2.45) is 5.92 Å². The molecule has 0 spiro atoms. The van der Waals surface area contributed by atoms with Gasteiger partial charge < -0.3 is 5.32 Å². The van der Waals surface area contributed by atoms with E-state index < -0.39 is 0 Å². The molecule has 0 radical (unpaired) electrons. The molecule has 106 valence electrons. The quantitative estimate of drug-likeness (QED) is 0.863. The van der Waals surface area contributed by atoms with Crippen molar-refractivity contribution in [3.8, 4) is 0 Å². The van der Waals surface area contributed by atoms with Crippen LogP contribution in [-0.2, 0) is 4.79 Å². The fraction of sp³-hybridized carbons (Fsp3) is 0.714. The number of hydrogen-bond acceptors (Lipinski definition) is 4. The van der Waals surface area contributed by atoms with E-state index >= 15 is 0 Å². The largest absolute Gasteiger partial charge is 0.352 e. The lowest BCUT2D eigenvalue weighted by Gasteiger charge is -2.30. The van der Waals surface area contributed by atoms with Gasteiger partial charge in [0.05, 0.1) is 5.25 Å². The van der Waals surface area contributed by atoms with E-state index in [4.69, 9.17) is 0 Å². The van der Waals surface area contributed by atoms with Crippen LogP contribution in [0.2, 0.25) is 0 Å². The van der Waals surface area contributed by atoms with E-state index in [0.29, 0.717) is 12.0 Å². The van der Waals surface area contributed by atoms with Gasteiger partial charge >= 0.3 is 0 Å². The molecular formula is C14H22N2OS2. The number of nitrogens with one attached hydrogen (secondary N) is 1. The van der Waals surface area contributed by atoms with Crippen molar-refractivity contribution in [2.75, 3.05) is 0 Å². The summed E-state index contributed by atoms with van der Waals surface area (Å²) < 4.78 is 0.983. The Morgan fingerprint density at radius 2 is 2.26 bits per heavy atom. The van der Waals surface area contributed by atoms with Gasteiger partial charge in [-0.3, -0.25) is 4.79 Å². The van der Waals surface area contributed by atoms with Crippen LogP contribution in [0, 0.1) is 12.8 Å². The third-order valence-corrected chi connectivity index (χ3v) is 5.87. The molecule has 0 saturated heterocycles. The number of amides is 1. The van der Waals surface area contributed by atoms with Crippen LogP contribution in [0.4, 0.5) is 0 Å². The Balaban J connectivity index is 1.85. The maximum atomic E-state index is 12.2. The predicted molar refractivity (Wildman–Crippen MR) is 81.7 cm³/mol. The van der Waals surface area contributed by atoms with Gasteiger partial charge in [0.1, 0.15) is 0 Å². The fourth-order valence-corrected chi connectivity index (χ4v) is 4.42. The van der Waals surface area contributed by atoms with Crippen molar-refractivity contribution in [1.29, 1.82) is 0 Å². The van der Waals surface area contributed by atoms with E-state index in [1.807, 2.05) is 19.2 Å². The highest BCUT2D eigenvalue weighted by atomic mass is 32.2. The number of carbonyl (C=O) groups excluding carboxylic acids is 1. The molecule has 1 aromatic heterocycles. The number of nitrogens with zero attached hydrogens (tertiary/aromatic N) is 1. The molecule has 5 heteroatoms. The van der Waals surface area contributed by atoms with Gasteiger partial charge in [-0.05, 0) is 32.6 Å². The van der Waals surface area contributed by atoms with Crippen molar-refractivity contribution in [1.82, 2.24) is 10.3 Å². The van der Waals surface area contributed by atoms with E-state index in [1.54, 1.807) is 23.1 Å². The van der Waals surface area contributed by atoms with Gasteiger partial charge in [0.2, 0.25) is 5.91 Å². The van der Waals surface area contributed by atoms with Gasteiger partial charge in [-0.2, -0.15) is 0 Å². The van der Waals surface area contributed by atoms with Crippen LogP contribution >= 0.6 is 23.1 Å². The first-order chi connectivity index (χ1) is 9.06. The zero-order valence-corrected chi connectivity index (χ0v) is 13.4. The Morgan fingerprint density at radius 1 is 1.53 bits per heavy atom. The first-order valence-electron chi connectivity index (χ1n) is 6.95. The molecule has 1 aliphatic carbocycles. The summed E-state index contributed by atoms with van der Waals surface area (Å²) in [6, 6.07) is 0.363. The summed E-state index contributed by atoms with van der Waals surface area (Å²) in [6.07, 6.45) is 4.90. The highest BCUT2D eigenvalue weighted by Gasteiger charge is 2.25. The van der Waals surface area contributed by atoms with Crippen LogP contribution in [0.25, 0.3) is 0 Å². The van der Waals surface area contributed by atoms with Gasteiger partial charge in [0, 0.05) is 17.1 Å². The number of thiazole rings is 1. The lowest BCUT2D eigenvalue weighted by atomic mass is 9.86. The summed E-state index contributed by atoms with van der Waals surface area (Å²) in [6.45, 7) is 6.19. The van der Waals surface area contributed by atoms with Crippen LogP contribution in [-0.4, -0.2) is 22.2 Å². The molecule has 1 heterocycles. The monoisotopic (exact) mass is 298 g/mol. The molecule has 1 aliphatic rings. The van der Waals surface area contributed by atoms with Crippen LogP contribution in [0.1, 0.15) is 45.2 Å². The van der Waals surface area contributed by atoms with E-state index in [1.165, 1.54) is 19.3 Å². The lowest BCUT2D eigenvalue weighted by molar-refractivity contribution is -0.121. The number of aryl methyl sites for hydroxylation is 1. The maximum Gasteiger partial charge on any atom is 0.233 e. The van der Waals surface area contributed by atoms with E-state index in [-0.39, 0.29) is 11.2 Å². The Labute approximate surface area is 123 Å². The standard InChI is InChI=1S/C14H22N2OS2/c1-9-6-4-5-7-12(9)16-13(17)11(3)19-14-15-10(2)8-18-14/h8-9,11-12H,4-7H2,1-3H3,(H,16,17)/t9-,11+,12+/m0/s1. The molecule has 1 saturated carbocycles. The average Bonchev–Trinajstić information content (AvgIpc) is 2.77. The van der Waals surface area contributed by atoms with Crippen LogP contribution in [0.5, 0.6) is 0 Å². The first-order valence-corrected chi connectivity index (χ1v) is 8.71. The molecule has 3 atom stereocenters. The van der Waals surface area contributed by atoms with Crippen LogP contribution in [0.15, 0.2) is 9.72 Å². The molecule has 19 heavy (non-hydrogen) atoms. The number of hydrogen-bond donors (Lipinski definition) is 1. The van der Waals surface area contributed by atoms with Crippen molar-refractivity contribution in [3.05, 3.63) is 11.1 Å². The van der Waals surface area contributed by atoms with E-state index in [0.717, 1.165) is 16.5 Å². The van der Waals surface area contributed by atoms with Gasteiger partial charge in [-0.25, -0.2) is 4.98 Å². The summed E-state index contributed by atoms with van der Waals surface area (Å²) in [5.74, 6) is 0.758. The van der Waals surface area contributed by atoms with Crippen molar-refractivity contribution in [3.63, 3.8) is 0 Å². The predicted octanol–water partition coefficient (Wildman–Crippen LogP) is 3.63. The normalized spacial score (nSPS) is 25.0. The molecule has 1 amide bonds. The third kappa shape index (κ3) is 4.21. The van der Waals surface area contributed by atoms with Gasteiger partial charge in [0.25, 0.3) is 0 Å². The molecule has 3 nitrogen and oxygen atoms in total. The Bertz CT molecular complexity index is 433. The van der Waals surface area contributed by atoms with Crippen LogP contribution < -0.4 is 5.32 Å². The van der Waals surface area contributed by atoms with Crippen molar-refractivity contribution >= 4 is 29.0 Å². The molecule has 2 rings (SSSR count). The molecule has 0 bridgehead atoms. The van der Waals surface area contributed by atoms with Gasteiger partial charge in [0.15, 0.2) is 4.34 Å². The lowest BCUT2D eigenvalue weighted by Crippen LogP contribution is -2.44. The molecule has 1 fully saturated rings. The van der Waals surface area contributed by atoms with Crippen molar-refractivity contribution < 1.29 is 4.79 Å². The summed E-state index contributed by atoms with van der Waals surface area (Å²) >= 11 is 3.17. The number of rotatable bonds is 4. The van der Waals surface area contributed by atoms with Gasteiger partial charge in [-0.15, -0.1) is 11.3 Å². The second kappa shape index (κ2) is 6.75. The van der Waals surface area contributed by atoms with E-state index in [9.17, 15) is 4.79 Å². The van der Waals surface area contributed by atoms with Crippen molar-refractivity contribution in [2.45, 2.75) is 62.1 Å². The van der Waals surface area contributed by atoms with Gasteiger partial charge in [-0.1, -0.05) is 31.5 Å².